The summed E-state index contributed by atoms with van der Waals surface area (Å²) < 4.78 is 22.6. The molecule has 3 heteroatoms. The molecule has 6 heavy (non-hydrogen) atoms. The van der Waals surface area contributed by atoms with Crippen LogP contribution in [0.2, 0.25) is 0 Å². The maximum atomic E-state index is 11.0. The zero-order valence-corrected chi connectivity index (χ0v) is 5.28. The number of rotatable bonds is 2. The first-order valence-corrected chi connectivity index (χ1v) is 3.14. The molecule has 0 aromatic carbocycles. The van der Waals surface area contributed by atoms with E-state index < -0.39 is 6.43 Å². The minimum absolute atomic E-state index is 0.0283. The summed E-state index contributed by atoms with van der Waals surface area (Å²) in [7, 11) is 0. The molecular formula is C3H5F2I. The fourth-order valence-electron chi connectivity index (χ4n) is 0.0825. The molecule has 0 amide bonds. The molecule has 0 aliphatic heterocycles. The number of hydrogen-bond donors (Lipinski definition) is 0. The summed E-state index contributed by atoms with van der Waals surface area (Å²) in [6.45, 7) is 0. The van der Waals surface area contributed by atoms with Crippen LogP contribution in [0.5, 0.6) is 0 Å². The molecule has 0 aliphatic rings. The largest absolute Gasteiger partial charge is 0.239 e. The Bertz CT molecular complexity index is 30.0. The van der Waals surface area contributed by atoms with Gasteiger partial charge in [-0.25, -0.2) is 8.78 Å². The van der Waals surface area contributed by atoms with Crippen LogP contribution in [0.1, 0.15) is 6.42 Å². The van der Waals surface area contributed by atoms with E-state index in [1.54, 1.807) is 0 Å². The summed E-state index contributed by atoms with van der Waals surface area (Å²) in [5, 5.41) is 0. The van der Waals surface area contributed by atoms with E-state index in [0.29, 0.717) is 4.43 Å². The summed E-state index contributed by atoms with van der Waals surface area (Å²) >= 11 is 1.92. The minimum Gasteiger partial charge on any atom is -0.211 e. The van der Waals surface area contributed by atoms with Crippen LogP contribution in [-0.4, -0.2) is 10.9 Å². The minimum atomic E-state index is -2.11. The summed E-state index contributed by atoms with van der Waals surface area (Å²) in [6, 6.07) is 0. The van der Waals surface area contributed by atoms with Crippen LogP contribution in [0.25, 0.3) is 0 Å². The van der Waals surface area contributed by atoms with Gasteiger partial charge in [0.05, 0.1) is 0 Å². The molecule has 0 fully saturated rings. The highest BCUT2D eigenvalue weighted by Gasteiger charge is 1.96. The predicted octanol–water partition coefficient (Wildman–Crippen LogP) is 2.08. The highest BCUT2D eigenvalue weighted by atomic mass is 127. The monoisotopic (exact) mass is 206 g/mol. The van der Waals surface area contributed by atoms with Crippen LogP contribution >= 0.6 is 22.6 Å². The Morgan fingerprint density at radius 1 is 1.50 bits per heavy atom. The van der Waals surface area contributed by atoms with Gasteiger partial charge in [0, 0.05) is 10.8 Å². The van der Waals surface area contributed by atoms with Gasteiger partial charge in [-0.15, -0.1) is 0 Å². The molecular weight excluding hydrogens is 201 g/mol. The Morgan fingerprint density at radius 3 is 2.00 bits per heavy atom. The molecule has 0 saturated carbocycles. The standard InChI is InChI=1S/C3H5F2I/c4-3(5)1-2-6/h3H,1-2H2. The first-order chi connectivity index (χ1) is 2.77. The highest BCUT2D eigenvalue weighted by Crippen LogP contribution is 2.00. The van der Waals surface area contributed by atoms with E-state index in [2.05, 4.69) is 0 Å². The average molecular weight is 206 g/mol. The van der Waals surface area contributed by atoms with Gasteiger partial charge in [-0.05, 0) is 0 Å². The lowest BCUT2D eigenvalue weighted by Gasteiger charge is -1.86. The van der Waals surface area contributed by atoms with E-state index in [-0.39, 0.29) is 6.42 Å². The van der Waals surface area contributed by atoms with Crippen molar-refractivity contribution in [1.29, 1.82) is 0 Å². The zero-order valence-electron chi connectivity index (χ0n) is 3.13. The topological polar surface area (TPSA) is 0 Å². The summed E-state index contributed by atoms with van der Waals surface area (Å²) in [5.41, 5.74) is 0. The van der Waals surface area contributed by atoms with Crippen molar-refractivity contribution in [2.45, 2.75) is 12.8 Å². The Kier molecular flexibility index (Phi) is 4.14. The van der Waals surface area contributed by atoms with Crippen LogP contribution in [-0.2, 0) is 0 Å². The summed E-state index contributed by atoms with van der Waals surface area (Å²) in [4.78, 5) is 0. The molecule has 0 aromatic rings. The van der Waals surface area contributed by atoms with E-state index in [9.17, 15) is 8.78 Å². The SMILES string of the molecule is FC(F)CCI. The molecule has 0 bridgehead atoms. The Balaban J connectivity index is 2.63. The molecule has 0 N–H and O–H groups in total. The van der Waals surface area contributed by atoms with Crippen LogP contribution in [0.3, 0.4) is 0 Å². The van der Waals surface area contributed by atoms with Gasteiger partial charge in [-0.1, -0.05) is 22.6 Å². The third-order valence-electron chi connectivity index (χ3n) is 0.327. The van der Waals surface area contributed by atoms with Crippen molar-refractivity contribution in [3.05, 3.63) is 0 Å². The molecule has 0 radical (unpaired) electrons. The van der Waals surface area contributed by atoms with Crippen molar-refractivity contribution in [2.75, 3.05) is 4.43 Å². The van der Waals surface area contributed by atoms with E-state index in [0.717, 1.165) is 0 Å². The molecule has 0 rings (SSSR count). The molecule has 0 nitrogen and oxygen atoms in total. The predicted molar refractivity (Wildman–Crippen MR) is 29.5 cm³/mol. The first-order valence-electron chi connectivity index (χ1n) is 1.61. The van der Waals surface area contributed by atoms with Crippen LogP contribution in [0.15, 0.2) is 0 Å². The first kappa shape index (κ1) is 6.59. The van der Waals surface area contributed by atoms with Crippen molar-refractivity contribution < 1.29 is 8.78 Å². The van der Waals surface area contributed by atoms with Crippen molar-refractivity contribution in [3.63, 3.8) is 0 Å². The maximum Gasteiger partial charge on any atom is 0.239 e. The van der Waals surface area contributed by atoms with Gasteiger partial charge in [0.2, 0.25) is 6.43 Å². The molecule has 38 valence electrons. The van der Waals surface area contributed by atoms with Gasteiger partial charge in [0.25, 0.3) is 0 Å². The van der Waals surface area contributed by atoms with Gasteiger partial charge < -0.3 is 0 Å². The third kappa shape index (κ3) is 4.59. The van der Waals surface area contributed by atoms with Crippen molar-refractivity contribution >= 4 is 22.6 Å². The van der Waals surface area contributed by atoms with E-state index in [1.807, 2.05) is 22.6 Å². The molecule has 0 heterocycles. The lowest BCUT2D eigenvalue weighted by Crippen LogP contribution is -1.87. The van der Waals surface area contributed by atoms with Crippen LogP contribution in [0.4, 0.5) is 8.78 Å². The fourth-order valence-corrected chi connectivity index (χ4v) is 0.553. The second-order valence-electron chi connectivity index (χ2n) is 0.869. The Labute approximate surface area is 49.1 Å². The lowest BCUT2D eigenvalue weighted by molar-refractivity contribution is 0.146. The smallest absolute Gasteiger partial charge is 0.211 e. The van der Waals surface area contributed by atoms with Gasteiger partial charge >= 0.3 is 0 Å². The average Bonchev–Trinajstić information content (AvgIpc) is 1.35. The van der Waals surface area contributed by atoms with Crippen LogP contribution in [0, 0.1) is 0 Å². The summed E-state index contributed by atoms with van der Waals surface area (Å²) in [6.07, 6.45) is -2.08. The molecule has 0 atom stereocenters. The molecule has 0 aromatic heterocycles. The van der Waals surface area contributed by atoms with Crippen molar-refractivity contribution in [3.8, 4) is 0 Å². The molecule has 0 aliphatic carbocycles. The third-order valence-corrected chi connectivity index (χ3v) is 0.950. The van der Waals surface area contributed by atoms with Gasteiger partial charge in [0.15, 0.2) is 0 Å². The lowest BCUT2D eigenvalue weighted by atomic mass is 10.5. The highest BCUT2D eigenvalue weighted by molar-refractivity contribution is 14.1. The van der Waals surface area contributed by atoms with Crippen LogP contribution < -0.4 is 0 Å². The van der Waals surface area contributed by atoms with Gasteiger partial charge in [0.1, 0.15) is 0 Å². The molecule has 0 unspecified atom stereocenters. The Hall–Kier alpha value is 0.590. The van der Waals surface area contributed by atoms with E-state index in [4.69, 9.17) is 0 Å². The normalized spacial score (nSPS) is 10.0. The fraction of sp³-hybridized carbons (Fsp3) is 1.00. The summed E-state index contributed by atoms with van der Waals surface area (Å²) in [5.74, 6) is 0. The second-order valence-corrected chi connectivity index (χ2v) is 1.95. The quantitative estimate of drug-likeness (QED) is 0.479. The Morgan fingerprint density at radius 2 is 2.00 bits per heavy atom. The van der Waals surface area contributed by atoms with Crippen molar-refractivity contribution in [2.24, 2.45) is 0 Å². The van der Waals surface area contributed by atoms with Gasteiger partial charge in [-0.3, -0.25) is 0 Å². The maximum absolute atomic E-state index is 11.0. The van der Waals surface area contributed by atoms with Gasteiger partial charge in [-0.2, -0.15) is 0 Å². The van der Waals surface area contributed by atoms with E-state index in [1.165, 1.54) is 0 Å². The second kappa shape index (κ2) is 3.77. The molecule has 0 spiro atoms. The number of alkyl halides is 3. The number of hydrogen-bond acceptors (Lipinski definition) is 0. The van der Waals surface area contributed by atoms with Crippen molar-refractivity contribution in [1.82, 2.24) is 0 Å². The number of halogens is 3. The zero-order chi connectivity index (χ0) is 4.99. The van der Waals surface area contributed by atoms with E-state index >= 15 is 0 Å². The molecule has 0 saturated heterocycles.